The maximum Gasteiger partial charge on any atom is 0.229 e. The lowest BCUT2D eigenvalue weighted by Gasteiger charge is -2.43. The van der Waals surface area contributed by atoms with E-state index < -0.39 is 11.6 Å². The Balaban J connectivity index is 1.43. The highest BCUT2D eigenvalue weighted by atomic mass is 19.1. The Labute approximate surface area is 237 Å². The van der Waals surface area contributed by atoms with Gasteiger partial charge in [-0.3, -0.25) is 9.78 Å². The fraction of sp³-hybridized carbons (Fsp3) is 0.400. The number of anilines is 2. The van der Waals surface area contributed by atoms with Gasteiger partial charge in [0.25, 0.3) is 0 Å². The third-order valence-corrected chi connectivity index (χ3v) is 7.93. The van der Waals surface area contributed by atoms with E-state index in [9.17, 15) is 4.79 Å². The van der Waals surface area contributed by atoms with Crippen molar-refractivity contribution in [3.8, 4) is 11.3 Å². The average molecular weight is 564 g/mol. The molecule has 3 aromatic heterocycles. The first kappa shape index (κ1) is 28.6. The Bertz CT molecular complexity index is 1520. The van der Waals surface area contributed by atoms with Crippen molar-refractivity contribution in [2.75, 3.05) is 19.0 Å². The number of fused-ring (bicyclic) bond motifs is 1. The molecule has 4 unspecified atom stereocenters. The quantitative estimate of drug-likeness (QED) is 0.309. The van der Waals surface area contributed by atoms with Crippen LogP contribution in [0.4, 0.5) is 20.4 Å². The standard InChI is InChI=1S/C30H35F2N7O2/c1-5-41-16-19-11-23(31)28(24(32)12-19)26-7-6-21-14-35-30(39(21)37-26)36-27-15-34-9-8-22(27)20-10-17(2)29(25(33)13-20)38(4)18(3)40/h6-9,11-12,14-15,17,20,25,29H,5,10,13,16,33H2,1-4H3,(H,35,36). The second-order valence-corrected chi connectivity index (χ2v) is 10.7. The first-order valence-corrected chi connectivity index (χ1v) is 13.8. The number of amides is 1. The minimum absolute atomic E-state index is 0.00119. The minimum Gasteiger partial charge on any atom is -0.377 e. The molecule has 41 heavy (non-hydrogen) atoms. The topological polar surface area (TPSA) is 111 Å². The predicted octanol–water partition coefficient (Wildman–Crippen LogP) is 5.04. The van der Waals surface area contributed by atoms with Crippen LogP contribution in [-0.2, 0) is 16.1 Å². The highest BCUT2D eigenvalue weighted by Crippen LogP contribution is 2.40. The SMILES string of the molecule is CCOCc1cc(F)c(-c2ccc3cnc(Nc4cnccc4C4CC(C)C(N(C)C(C)=O)C(N)C4)n3n2)c(F)c1. The molecule has 0 aliphatic heterocycles. The first-order chi connectivity index (χ1) is 19.7. The summed E-state index contributed by atoms with van der Waals surface area (Å²) in [6, 6.07) is 7.57. The van der Waals surface area contributed by atoms with Gasteiger partial charge in [-0.15, -0.1) is 0 Å². The molecule has 1 fully saturated rings. The van der Waals surface area contributed by atoms with Gasteiger partial charge in [-0.1, -0.05) is 6.92 Å². The van der Waals surface area contributed by atoms with Crippen molar-refractivity contribution >= 4 is 23.1 Å². The van der Waals surface area contributed by atoms with Crippen molar-refractivity contribution in [2.45, 2.75) is 58.2 Å². The number of hydrogen-bond acceptors (Lipinski definition) is 7. The molecule has 3 heterocycles. The van der Waals surface area contributed by atoms with Crippen LogP contribution in [0.25, 0.3) is 16.8 Å². The molecule has 4 aromatic rings. The zero-order chi connectivity index (χ0) is 29.3. The van der Waals surface area contributed by atoms with Crippen LogP contribution in [0.5, 0.6) is 0 Å². The second-order valence-electron chi connectivity index (χ2n) is 10.7. The summed E-state index contributed by atoms with van der Waals surface area (Å²) in [6.45, 7) is 6.08. The van der Waals surface area contributed by atoms with Crippen LogP contribution in [0.15, 0.2) is 48.9 Å². The Kier molecular flexibility index (Phi) is 8.27. The number of nitrogens with two attached hydrogens (primary N) is 1. The number of carbonyl (C=O) groups is 1. The van der Waals surface area contributed by atoms with Crippen LogP contribution in [-0.4, -0.2) is 56.1 Å². The average Bonchev–Trinajstić information content (AvgIpc) is 3.33. The van der Waals surface area contributed by atoms with E-state index in [1.165, 1.54) is 16.6 Å². The van der Waals surface area contributed by atoms with Crippen molar-refractivity contribution in [1.29, 1.82) is 0 Å². The zero-order valence-electron chi connectivity index (χ0n) is 23.6. The normalized spacial score (nSPS) is 20.8. The van der Waals surface area contributed by atoms with Gasteiger partial charge >= 0.3 is 0 Å². The van der Waals surface area contributed by atoms with Gasteiger partial charge in [0.2, 0.25) is 11.9 Å². The van der Waals surface area contributed by atoms with E-state index in [0.717, 1.165) is 17.7 Å². The summed E-state index contributed by atoms with van der Waals surface area (Å²) < 4.78 is 36.9. The van der Waals surface area contributed by atoms with Crippen molar-refractivity contribution in [3.63, 3.8) is 0 Å². The number of likely N-dealkylation sites (N-methyl/N-ethyl adjacent to an activating group) is 1. The molecule has 1 aliphatic carbocycles. The highest BCUT2D eigenvalue weighted by molar-refractivity contribution is 5.73. The molecular weight excluding hydrogens is 528 g/mol. The molecule has 1 amide bonds. The number of hydrogen-bond donors (Lipinski definition) is 2. The van der Waals surface area contributed by atoms with Crippen LogP contribution in [0.3, 0.4) is 0 Å². The Morgan fingerprint density at radius 2 is 1.95 bits per heavy atom. The number of pyridine rings is 1. The monoisotopic (exact) mass is 563 g/mol. The number of carbonyl (C=O) groups excluding carboxylic acids is 1. The van der Waals surface area contributed by atoms with E-state index in [4.69, 9.17) is 10.5 Å². The fourth-order valence-corrected chi connectivity index (χ4v) is 5.97. The van der Waals surface area contributed by atoms with Gasteiger partial charge < -0.3 is 20.7 Å². The number of ether oxygens (including phenoxy) is 1. The number of rotatable bonds is 8. The maximum atomic E-state index is 15.0. The van der Waals surface area contributed by atoms with Crippen molar-refractivity contribution in [1.82, 2.24) is 24.5 Å². The maximum absolute atomic E-state index is 15.0. The summed E-state index contributed by atoms with van der Waals surface area (Å²) in [7, 11) is 1.81. The lowest BCUT2D eigenvalue weighted by atomic mass is 9.73. The fourth-order valence-electron chi connectivity index (χ4n) is 5.97. The largest absolute Gasteiger partial charge is 0.377 e. The van der Waals surface area contributed by atoms with Gasteiger partial charge in [0.1, 0.15) is 11.6 Å². The number of aromatic nitrogens is 4. The molecule has 216 valence electrons. The van der Waals surface area contributed by atoms with E-state index >= 15 is 8.78 Å². The third-order valence-electron chi connectivity index (χ3n) is 7.93. The number of imidazole rings is 1. The van der Waals surface area contributed by atoms with Crippen LogP contribution in [0.2, 0.25) is 0 Å². The van der Waals surface area contributed by atoms with Crippen molar-refractivity contribution in [3.05, 3.63) is 71.7 Å². The van der Waals surface area contributed by atoms with E-state index in [0.29, 0.717) is 30.1 Å². The summed E-state index contributed by atoms with van der Waals surface area (Å²) in [6.07, 6.45) is 6.64. The number of benzene rings is 1. The number of halogens is 2. The minimum atomic E-state index is -0.716. The molecule has 9 nitrogen and oxygen atoms in total. The van der Waals surface area contributed by atoms with Crippen LogP contribution >= 0.6 is 0 Å². The molecule has 0 saturated heterocycles. The Morgan fingerprint density at radius 1 is 1.20 bits per heavy atom. The van der Waals surface area contributed by atoms with Gasteiger partial charge in [0, 0.05) is 38.9 Å². The summed E-state index contributed by atoms with van der Waals surface area (Å²) >= 11 is 0. The molecular formula is C30H35F2N7O2. The van der Waals surface area contributed by atoms with E-state index in [1.54, 1.807) is 49.6 Å². The van der Waals surface area contributed by atoms with Gasteiger partial charge in [-0.25, -0.2) is 13.8 Å². The molecule has 1 saturated carbocycles. The molecule has 11 heteroatoms. The van der Waals surface area contributed by atoms with Gasteiger partial charge in [-0.2, -0.15) is 9.61 Å². The number of nitrogens with zero attached hydrogens (tertiary/aromatic N) is 5. The molecule has 3 N–H and O–H groups in total. The molecule has 1 aromatic carbocycles. The molecule has 0 spiro atoms. The summed E-state index contributed by atoms with van der Waals surface area (Å²) in [4.78, 5) is 22.6. The Hall–Kier alpha value is -3.96. The summed E-state index contributed by atoms with van der Waals surface area (Å²) in [5.74, 6) is -0.719. The molecule has 5 rings (SSSR count). The Morgan fingerprint density at radius 3 is 2.63 bits per heavy atom. The molecule has 4 atom stereocenters. The highest BCUT2D eigenvalue weighted by Gasteiger charge is 2.38. The lowest BCUT2D eigenvalue weighted by Crippen LogP contribution is -2.54. The lowest BCUT2D eigenvalue weighted by molar-refractivity contribution is -0.131. The van der Waals surface area contributed by atoms with Gasteiger partial charge in [0.15, 0.2) is 0 Å². The van der Waals surface area contributed by atoms with E-state index in [1.807, 2.05) is 13.0 Å². The van der Waals surface area contributed by atoms with Crippen LogP contribution in [0, 0.1) is 17.6 Å². The molecule has 0 bridgehead atoms. The molecule has 0 radical (unpaired) electrons. The van der Waals surface area contributed by atoms with Gasteiger partial charge in [0.05, 0.1) is 41.5 Å². The van der Waals surface area contributed by atoms with Crippen molar-refractivity contribution in [2.24, 2.45) is 11.7 Å². The zero-order valence-corrected chi connectivity index (χ0v) is 23.6. The van der Waals surface area contributed by atoms with E-state index in [-0.39, 0.29) is 47.7 Å². The van der Waals surface area contributed by atoms with Gasteiger partial charge in [-0.05, 0) is 73.1 Å². The molecule has 1 aliphatic rings. The third kappa shape index (κ3) is 5.77. The van der Waals surface area contributed by atoms with Crippen LogP contribution in [0.1, 0.15) is 50.7 Å². The number of nitrogens with one attached hydrogen (secondary N) is 1. The predicted molar refractivity (Wildman–Crippen MR) is 153 cm³/mol. The van der Waals surface area contributed by atoms with Crippen LogP contribution < -0.4 is 11.1 Å². The second kappa shape index (κ2) is 11.9. The first-order valence-electron chi connectivity index (χ1n) is 13.8. The van der Waals surface area contributed by atoms with Crippen molar-refractivity contribution < 1.29 is 18.3 Å². The summed E-state index contributed by atoms with van der Waals surface area (Å²) in [5.41, 5.74) is 9.36. The van der Waals surface area contributed by atoms with E-state index in [2.05, 4.69) is 27.3 Å². The smallest absolute Gasteiger partial charge is 0.229 e. The summed E-state index contributed by atoms with van der Waals surface area (Å²) in [5, 5.41) is 7.86.